The highest BCUT2D eigenvalue weighted by atomic mass is 79.9. The van der Waals surface area contributed by atoms with Crippen molar-refractivity contribution in [2.24, 2.45) is 5.92 Å². The van der Waals surface area contributed by atoms with E-state index in [-0.39, 0.29) is 0 Å². The van der Waals surface area contributed by atoms with Crippen LogP contribution in [0.5, 0.6) is 0 Å². The summed E-state index contributed by atoms with van der Waals surface area (Å²) in [6.07, 6.45) is 6.70. The van der Waals surface area contributed by atoms with E-state index in [1.165, 1.54) is 12.8 Å². The third-order valence-corrected chi connectivity index (χ3v) is 4.92. The first-order valence-electron chi connectivity index (χ1n) is 7.66. The van der Waals surface area contributed by atoms with Crippen molar-refractivity contribution < 1.29 is 4.74 Å². The van der Waals surface area contributed by atoms with Gasteiger partial charge in [-0.05, 0) is 59.7 Å². The van der Waals surface area contributed by atoms with E-state index < -0.39 is 0 Å². The zero-order valence-corrected chi connectivity index (χ0v) is 13.5. The second kappa shape index (κ2) is 5.57. The number of hydrogen-bond acceptors (Lipinski definition) is 4. The lowest BCUT2D eigenvalue weighted by Crippen LogP contribution is -2.41. The molecule has 3 heterocycles. The molecule has 1 aliphatic heterocycles. The Labute approximate surface area is 132 Å². The van der Waals surface area contributed by atoms with E-state index in [1.54, 1.807) is 6.20 Å². The van der Waals surface area contributed by atoms with Gasteiger partial charge in [-0.3, -0.25) is 0 Å². The van der Waals surface area contributed by atoms with Crippen molar-refractivity contribution in [2.75, 3.05) is 24.7 Å². The summed E-state index contributed by atoms with van der Waals surface area (Å²) in [7, 11) is 0. The fourth-order valence-electron chi connectivity index (χ4n) is 2.99. The van der Waals surface area contributed by atoms with E-state index in [2.05, 4.69) is 31.9 Å². The molecule has 1 saturated heterocycles. The van der Waals surface area contributed by atoms with Crippen molar-refractivity contribution in [1.82, 2.24) is 14.6 Å². The Kier molecular flexibility index (Phi) is 3.59. The predicted octanol–water partition coefficient (Wildman–Crippen LogP) is 2.89. The standard InChI is InChI=1S/C15H19BrN4O/c16-13-9-17-14-3-4-15(18-20(13)14)19(10-11-1-2-11)12-5-7-21-8-6-12/h3-4,9,11-12H,1-2,5-8,10H2. The van der Waals surface area contributed by atoms with Crippen LogP contribution >= 0.6 is 15.9 Å². The first-order chi connectivity index (χ1) is 10.3. The second-order valence-corrected chi connectivity index (χ2v) is 6.79. The zero-order valence-electron chi connectivity index (χ0n) is 11.9. The number of imidazole rings is 1. The number of nitrogens with zero attached hydrogens (tertiary/aromatic N) is 4. The number of rotatable bonds is 4. The van der Waals surface area contributed by atoms with Crippen molar-refractivity contribution in [3.63, 3.8) is 0 Å². The molecule has 2 aliphatic rings. The first-order valence-corrected chi connectivity index (χ1v) is 8.45. The van der Waals surface area contributed by atoms with Crippen LogP contribution < -0.4 is 4.90 Å². The summed E-state index contributed by atoms with van der Waals surface area (Å²) in [5.74, 6) is 1.90. The predicted molar refractivity (Wildman–Crippen MR) is 84.6 cm³/mol. The molecule has 1 saturated carbocycles. The molecule has 0 bridgehead atoms. The summed E-state index contributed by atoms with van der Waals surface area (Å²) in [5.41, 5.74) is 0.879. The summed E-state index contributed by atoms with van der Waals surface area (Å²) in [6, 6.07) is 4.70. The van der Waals surface area contributed by atoms with E-state index in [0.29, 0.717) is 6.04 Å². The number of hydrogen-bond donors (Lipinski definition) is 0. The molecule has 4 rings (SSSR count). The highest BCUT2D eigenvalue weighted by Gasteiger charge is 2.30. The van der Waals surface area contributed by atoms with Crippen molar-refractivity contribution in [2.45, 2.75) is 31.7 Å². The Balaban J connectivity index is 1.67. The molecular formula is C15H19BrN4O. The van der Waals surface area contributed by atoms with Crippen LogP contribution in [0, 0.1) is 5.92 Å². The van der Waals surface area contributed by atoms with Crippen LogP contribution in [0.4, 0.5) is 5.82 Å². The Morgan fingerprint density at radius 2 is 2.05 bits per heavy atom. The van der Waals surface area contributed by atoms with Gasteiger partial charge in [0.05, 0.1) is 6.20 Å². The molecule has 21 heavy (non-hydrogen) atoms. The summed E-state index contributed by atoms with van der Waals surface area (Å²) in [5, 5.41) is 4.78. The van der Waals surface area contributed by atoms with Gasteiger partial charge >= 0.3 is 0 Å². The molecule has 5 nitrogen and oxygen atoms in total. The van der Waals surface area contributed by atoms with E-state index in [1.807, 2.05) is 10.6 Å². The molecule has 112 valence electrons. The monoisotopic (exact) mass is 350 g/mol. The van der Waals surface area contributed by atoms with Gasteiger partial charge in [0, 0.05) is 25.8 Å². The van der Waals surface area contributed by atoms with E-state index in [0.717, 1.165) is 54.6 Å². The highest BCUT2D eigenvalue weighted by Crippen LogP contribution is 2.33. The van der Waals surface area contributed by atoms with Gasteiger partial charge in [0.25, 0.3) is 0 Å². The molecule has 6 heteroatoms. The molecule has 2 aromatic rings. The average molecular weight is 351 g/mol. The van der Waals surface area contributed by atoms with Crippen LogP contribution in [0.1, 0.15) is 25.7 Å². The molecule has 0 atom stereocenters. The average Bonchev–Trinajstić information content (AvgIpc) is 3.28. The fourth-order valence-corrected chi connectivity index (χ4v) is 3.36. The van der Waals surface area contributed by atoms with Crippen LogP contribution in [0.25, 0.3) is 5.65 Å². The quantitative estimate of drug-likeness (QED) is 0.850. The lowest BCUT2D eigenvalue weighted by atomic mass is 10.1. The summed E-state index contributed by atoms with van der Waals surface area (Å²) >= 11 is 3.51. The third kappa shape index (κ3) is 2.79. The van der Waals surface area contributed by atoms with Gasteiger partial charge in [-0.2, -0.15) is 0 Å². The lowest BCUT2D eigenvalue weighted by molar-refractivity contribution is 0.0840. The minimum absolute atomic E-state index is 0.548. The largest absolute Gasteiger partial charge is 0.381 e. The van der Waals surface area contributed by atoms with Crippen LogP contribution in [0.3, 0.4) is 0 Å². The molecule has 0 radical (unpaired) electrons. The maximum atomic E-state index is 5.51. The number of halogens is 1. The Bertz CT molecular complexity index is 634. The van der Waals surface area contributed by atoms with Crippen molar-refractivity contribution in [3.8, 4) is 0 Å². The van der Waals surface area contributed by atoms with Gasteiger partial charge in [-0.25, -0.2) is 9.50 Å². The maximum absolute atomic E-state index is 5.51. The SMILES string of the molecule is Brc1cnc2ccc(N(CC3CC3)C3CCOCC3)nn12. The second-order valence-electron chi connectivity index (χ2n) is 5.98. The van der Waals surface area contributed by atoms with Crippen LogP contribution in [0.15, 0.2) is 22.9 Å². The third-order valence-electron chi connectivity index (χ3n) is 4.38. The molecule has 0 unspecified atom stereocenters. The lowest BCUT2D eigenvalue weighted by Gasteiger charge is -2.35. The Morgan fingerprint density at radius 1 is 1.24 bits per heavy atom. The van der Waals surface area contributed by atoms with Gasteiger partial charge in [0.15, 0.2) is 5.65 Å². The van der Waals surface area contributed by atoms with Crippen molar-refractivity contribution >= 4 is 27.4 Å². The van der Waals surface area contributed by atoms with Crippen LogP contribution in [-0.4, -0.2) is 40.4 Å². The van der Waals surface area contributed by atoms with E-state index in [4.69, 9.17) is 9.84 Å². The number of anilines is 1. The van der Waals surface area contributed by atoms with Gasteiger partial charge in [-0.1, -0.05) is 0 Å². The molecule has 2 fully saturated rings. The molecule has 0 N–H and O–H groups in total. The fraction of sp³-hybridized carbons (Fsp3) is 0.600. The number of aromatic nitrogens is 3. The maximum Gasteiger partial charge on any atom is 0.154 e. The number of ether oxygens (including phenoxy) is 1. The Hall–Kier alpha value is -1.14. The molecule has 0 aromatic carbocycles. The minimum Gasteiger partial charge on any atom is -0.381 e. The molecular weight excluding hydrogens is 332 g/mol. The van der Waals surface area contributed by atoms with Crippen molar-refractivity contribution in [1.29, 1.82) is 0 Å². The topological polar surface area (TPSA) is 42.7 Å². The first kappa shape index (κ1) is 13.5. The smallest absolute Gasteiger partial charge is 0.154 e. The molecule has 0 amide bonds. The van der Waals surface area contributed by atoms with Gasteiger partial charge in [-0.15, -0.1) is 5.10 Å². The van der Waals surface area contributed by atoms with Crippen LogP contribution in [-0.2, 0) is 4.74 Å². The highest BCUT2D eigenvalue weighted by molar-refractivity contribution is 9.10. The summed E-state index contributed by atoms with van der Waals surface area (Å²) in [4.78, 5) is 6.81. The normalized spacial score (nSPS) is 20.0. The van der Waals surface area contributed by atoms with Crippen LogP contribution in [0.2, 0.25) is 0 Å². The molecule has 0 spiro atoms. The molecule has 2 aromatic heterocycles. The van der Waals surface area contributed by atoms with E-state index in [9.17, 15) is 0 Å². The zero-order chi connectivity index (χ0) is 14.2. The number of fused-ring (bicyclic) bond motifs is 1. The van der Waals surface area contributed by atoms with Gasteiger partial charge in [0.1, 0.15) is 10.4 Å². The minimum atomic E-state index is 0.548. The van der Waals surface area contributed by atoms with Gasteiger partial charge in [0.2, 0.25) is 0 Å². The molecule has 1 aliphatic carbocycles. The Morgan fingerprint density at radius 3 is 2.81 bits per heavy atom. The summed E-state index contributed by atoms with van der Waals surface area (Å²) < 4.78 is 8.28. The van der Waals surface area contributed by atoms with Gasteiger partial charge < -0.3 is 9.64 Å². The van der Waals surface area contributed by atoms with E-state index >= 15 is 0 Å². The summed E-state index contributed by atoms with van der Waals surface area (Å²) in [6.45, 7) is 2.85. The van der Waals surface area contributed by atoms with Crippen molar-refractivity contribution in [3.05, 3.63) is 22.9 Å².